The zero-order chi connectivity index (χ0) is 15.6. The topological polar surface area (TPSA) is 74.4 Å². The van der Waals surface area contributed by atoms with E-state index in [-0.39, 0.29) is 32.9 Å². The van der Waals surface area contributed by atoms with Gasteiger partial charge in [0.2, 0.25) is 11.7 Å². The summed E-state index contributed by atoms with van der Waals surface area (Å²) in [5.41, 5.74) is 6.29. The molecule has 0 bridgehead atoms. The highest BCUT2D eigenvalue weighted by molar-refractivity contribution is 6.44. The zero-order valence-electron chi connectivity index (χ0n) is 11.3. The first-order valence-electron chi connectivity index (χ1n) is 5.86. The molecule has 1 heterocycles. The maximum Gasteiger partial charge on any atom is 0.217 e. The van der Waals surface area contributed by atoms with Crippen LogP contribution in [0.2, 0.25) is 10.0 Å². The third-order valence-electron chi connectivity index (χ3n) is 2.83. The molecule has 2 aromatic rings. The second-order valence-corrected chi connectivity index (χ2v) is 4.87. The second kappa shape index (κ2) is 6.20. The maximum atomic E-state index is 12.5. The van der Waals surface area contributed by atoms with Crippen molar-refractivity contribution < 1.29 is 14.3 Å². The third-order valence-corrected chi connectivity index (χ3v) is 3.65. The molecule has 0 saturated heterocycles. The molecule has 0 radical (unpaired) electrons. The average Bonchev–Trinajstić information content (AvgIpc) is 2.51. The van der Waals surface area contributed by atoms with Gasteiger partial charge in [0, 0.05) is 17.7 Å². The number of ether oxygens (including phenoxy) is 2. The Balaban J connectivity index is 2.52. The van der Waals surface area contributed by atoms with Gasteiger partial charge in [0.25, 0.3) is 0 Å². The minimum Gasteiger partial charge on any atom is -0.496 e. The van der Waals surface area contributed by atoms with E-state index in [2.05, 4.69) is 4.98 Å². The normalized spacial score (nSPS) is 10.3. The molecule has 110 valence electrons. The number of nitrogens with two attached hydrogens (primary N) is 1. The van der Waals surface area contributed by atoms with E-state index in [0.717, 1.165) is 0 Å². The number of benzene rings is 1. The number of pyridine rings is 1. The number of methoxy groups -OCH3 is 2. The number of carbonyl (C=O) groups excluding carboxylic acids is 1. The molecule has 2 N–H and O–H groups in total. The van der Waals surface area contributed by atoms with Crippen molar-refractivity contribution in [1.82, 2.24) is 4.98 Å². The number of nitrogen functional groups attached to an aromatic ring is 1. The minimum absolute atomic E-state index is 0.109. The van der Waals surface area contributed by atoms with Crippen molar-refractivity contribution in [2.24, 2.45) is 0 Å². The van der Waals surface area contributed by atoms with E-state index in [9.17, 15) is 4.79 Å². The summed E-state index contributed by atoms with van der Waals surface area (Å²) in [5, 5.41) is 0.416. The predicted molar refractivity (Wildman–Crippen MR) is 81.6 cm³/mol. The number of ketones is 1. The molecule has 1 aromatic heterocycles. The van der Waals surface area contributed by atoms with Crippen LogP contribution >= 0.6 is 23.2 Å². The fourth-order valence-corrected chi connectivity index (χ4v) is 2.05. The summed E-state index contributed by atoms with van der Waals surface area (Å²) in [6, 6.07) is 6.06. The van der Waals surface area contributed by atoms with Crippen LogP contribution in [0.4, 0.5) is 5.69 Å². The van der Waals surface area contributed by atoms with Crippen LogP contribution in [-0.2, 0) is 0 Å². The Morgan fingerprint density at radius 1 is 1.19 bits per heavy atom. The van der Waals surface area contributed by atoms with E-state index in [1.54, 1.807) is 6.07 Å². The summed E-state index contributed by atoms with van der Waals surface area (Å²) in [6.45, 7) is 0. The molecule has 0 fully saturated rings. The van der Waals surface area contributed by atoms with Gasteiger partial charge in [-0.05, 0) is 12.1 Å². The van der Waals surface area contributed by atoms with E-state index >= 15 is 0 Å². The highest BCUT2D eigenvalue weighted by Gasteiger charge is 2.19. The molecular weight excluding hydrogens is 315 g/mol. The molecule has 7 heteroatoms. The molecule has 5 nitrogen and oxygen atoms in total. The molecule has 0 aliphatic heterocycles. The average molecular weight is 327 g/mol. The van der Waals surface area contributed by atoms with Gasteiger partial charge in [-0.15, -0.1) is 0 Å². The largest absolute Gasteiger partial charge is 0.496 e. The van der Waals surface area contributed by atoms with Crippen molar-refractivity contribution in [3.05, 3.63) is 45.6 Å². The number of carbonyl (C=O) groups is 1. The van der Waals surface area contributed by atoms with Crippen LogP contribution in [0.3, 0.4) is 0 Å². The van der Waals surface area contributed by atoms with Crippen molar-refractivity contribution in [3.8, 4) is 11.6 Å². The van der Waals surface area contributed by atoms with Gasteiger partial charge in [-0.3, -0.25) is 4.79 Å². The van der Waals surface area contributed by atoms with Crippen molar-refractivity contribution in [2.75, 3.05) is 20.0 Å². The van der Waals surface area contributed by atoms with Crippen molar-refractivity contribution in [3.63, 3.8) is 0 Å². The number of nitrogens with zero attached hydrogens (tertiary/aromatic N) is 1. The smallest absolute Gasteiger partial charge is 0.217 e. The summed E-state index contributed by atoms with van der Waals surface area (Å²) in [5.74, 6) is 0.309. The van der Waals surface area contributed by atoms with E-state index in [1.165, 1.54) is 32.4 Å². The van der Waals surface area contributed by atoms with E-state index in [4.69, 9.17) is 38.4 Å². The summed E-state index contributed by atoms with van der Waals surface area (Å²) in [4.78, 5) is 16.6. The summed E-state index contributed by atoms with van der Waals surface area (Å²) < 4.78 is 10.1. The Kier molecular flexibility index (Phi) is 4.55. The standard InChI is InChI=1S/C14H12Cl2N2O3/c1-20-7-5-10(18-11(6-7)21-2)14(19)8-3-4-9(15)12(16)13(8)17/h3-6H,17H2,1-2H3. The molecule has 1 aromatic carbocycles. The van der Waals surface area contributed by atoms with Crippen LogP contribution < -0.4 is 15.2 Å². The lowest BCUT2D eigenvalue weighted by Crippen LogP contribution is -2.09. The first-order chi connectivity index (χ1) is 9.97. The summed E-state index contributed by atoms with van der Waals surface area (Å²) in [6.07, 6.45) is 0. The van der Waals surface area contributed by atoms with Crippen LogP contribution in [0.25, 0.3) is 0 Å². The molecule has 2 rings (SSSR count). The van der Waals surface area contributed by atoms with Gasteiger partial charge < -0.3 is 15.2 Å². The fourth-order valence-electron chi connectivity index (χ4n) is 1.72. The van der Waals surface area contributed by atoms with E-state index < -0.39 is 5.78 Å². The van der Waals surface area contributed by atoms with Crippen LogP contribution in [0.5, 0.6) is 11.6 Å². The fraction of sp³-hybridized carbons (Fsp3) is 0.143. The zero-order valence-corrected chi connectivity index (χ0v) is 12.8. The number of hydrogen-bond acceptors (Lipinski definition) is 5. The van der Waals surface area contributed by atoms with Gasteiger partial charge in [-0.25, -0.2) is 4.98 Å². The highest BCUT2D eigenvalue weighted by Crippen LogP contribution is 2.32. The summed E-state index contributed by atoms with van der Waals surface area (Å²) in [7, 11) is 2.93. The molecule has 0 spiro atoms. The van der Waals surface area contributed by atoms with Gasteiger partial charge in [0.15, 0.2) is 0 Å². The van der Waals surface area contributed by atoms with Crippen LogP contribution in [0.15, 0.2) is 24.3 Å². The first kappa shape index (κ1) is 15.4. The number of halogens is 2. The van der Waals surface area contributed by atoms with Gasteiger partial charge in [-0.2, -0.15) is 0 Å². The Morgan fingerprint density at radius 3 is 2.52 bits per heavy atom. The van der Waals surface area contributed by atoms with Crippen LogP contribution in [0, 0.1) is 0 Å². The Labute approximate surface area is 131 Å². The quantitative estimate of drug-likeness (QED) is 0.689. The van der Waals surface area contributed by atoms with Crippen LogP contribution in [0.1, 0.15) is 16.1 Å². The highest BCUT2D eigenvalue weighted by atomic mass is 35.5. The lowest BCUT2D eigenvalue weighted by molar-refractivity contribution is 0.103. The maximum absolute atomic E-state index is 12.5. The lowest BCUT2D eigenvalue weighted by Gasteiger charge is -2.09. The molecule has 21 heavy (non-hydrogen) atoms. The Morgan fingerprint density at radius 2 is 1.90 bits per heavy atom. The summed E-state index contributed by atoms with van der Waals surface area (Å²) >= 11 is 11.8. The second-order valence-electron chi connectivity index (χ2n) is 4.09. The molecule has 0 aliphatic rings. The van der Waals surface area contributed by atoms with Crippen molar-refractivity contribution >= 4 is 34.7 Å². The monoisotopic (exact) mass is 326 g/mol. The van der Waals surface area contributed by atoms with Crippen molar-refractivity contribution in [2.45, 2.75) is 0 Å². The molecule has 0 atom stereocenters. The third kappa shape index (κ3) is 3.04. The van der Waals surface area contributed by atoms with E-state index in [1.807, 2.05) is 0 Å². The molecule has 0 unspecified atom stereocenters. The Hall–Kier alpha value is -1.98. The number of rotatable bonds is 4. The molecule has 0 aliphatic carbocycles. The molecule has 0 amide bonds. The van der Waals surface area contributed by atoms with Crippen molar-refractivity contribution in [1.29, 1.82) is 0 Å². The first-order valence-corrected chi connectivity index (χ1v) is 6.61. The van der Waals surface area contributed by atoms with Gasteiger partial charge in [0.05, 0.1) is 30.0 Å². The SMILES string of the molecule is COc1cc(OC)nc(C(=O)c2ccc(Cl)c(Cl)c2N)c1. The Bertz CT molecular complexity index is 683. The number of hydrogen-bond donors (Lipinski definition) is 1. The minimum atomic E-state index is -0.400. The van der Waals surface area contributed by atoms with Crippen LogP contribution in [-0.4, -0.2) is 25.0 Å². The van der Waals surface area contributed by atoms with Gasteiger partial charge in [0.1, 0.15) is 11.4 Å². The van der Waals surface area contributed by atoms with Gasteiger partial charge >= 0.3 is 0 Å². The number of anilines is 1. The van der Waals surface area contributed by atoms with E-state index in [0.29, 0.717) is 5.75 Å². The molecular formula is C14H12Cl2N2O3. The predicted octanol–water partition coefficient (Wildman–Crippen LogP) is 3.22. The molecule has 0 saturated carbocycles. The van der Waals surface area contributed by atoms with Gasteiger partial charge in [-0.1, -0.05) is 23.2 Å². The number of aromatic nitrogens is 1. The lowest BCUT2D eigenvalue weighted by atomic mass is 10.1.